The van der Waals surface area contributed by atoms with Gasteiger partial charge in [0.2, 0.25) is 5.91 Å². The van der Waals surface area contributed by atoms with Crippen molar-refractivity contribution in [3.05, 3.63) is 23.9 Å². The number of pyridine rings is 1. The second-order valence-corrected chi connectivity index (χ2v) is 4.65. The zero-order valence-corrected chi connectivity index (χ0v) is 11.2. The number of aryl methyl sites for hydroxylation is 1. The van der Waals surface area contributed by atoms with Crippen LogP contribution < -0.4 is 5.01 Å². The van der Waals surface area contributed by atoms with Crippen LogP contribution in [0.2, 0.25) is 0 Å². The van der Waals surface area contributed by atoms with Gasteiger partial charge in [0.05, 0.1) is 0 Å². The van der Waals surface area contributed by atoms with E-state index < -0.39 is 0 Å². The molecule has 4 nitrogen and oxygen atoms in total. The Balaban J connectivity index is 2.31. The molecule has 0 fully saturated rings. The lowest BCUT2D eigenvalue weighted by molar-refractivity contribution is -0.122. The fraction of sp³-hybridized carbons (Fsp3) is 0.571. The van der Waals surface area contributed by atoms with Crippen LogP contribution in [0.1, 0.15) is 38.7 Å². The molecule has 2 heterocycles. The summed E-state index contributed by atoms with van der Waals surface area (Å²) in [5.41, 5.74) is 1.18. The third-order valence-electron chi connectivity index (χ3n) is 3.16. The van der Waals surface area contributed by atoms with Crippen LogP contribution in [-0.2, 0) is 11.2 Å². The molecule has 0 bridgehead atoms. The minimum Gasteiger partial charge on any atom is -0.273 e. The number of carbonyl (C=O) groups excluding carboxylic acids is 1. The van der Waals surface area contributed by atoms with Crippen LogP contribution >= 0.6 is 0 Å². The molecule has 0 radical (unpaired) electrons. The van der Waals surface area contributed by atoms with Gasteiger partial charge in [0.15, 0.2) is 5.82 Å². The molecule has 0 aromatic carbocycles. The van der Waals surface area contributed by atoms with Gasteiger partial charge in [-0.05, 0) is 30.9 Å². The van der Waals surface area contributed by atoms with Gasteiger partial charge in [-0.3, -0.25) is 4.79 Å². The summed E-state index contributed by atoms with van der Waals surface area (Å²) >= 11 is 0. The first kappa shape index (κ1) is 13.0. The summed E-state index contributed by atoms with van der Waals surface area (Å²) in [5, 5.41) is 3.93. The van der Waals surface area contributed by atoms with Crippen LogP contribution in [0.3, 0.4) is 0 Å². The maximum atomic E-state index is 12.2. The van der Waals surface area contributed by atoms with Crippen molar-refractivity contribution in [2.24, 2.45) is 0 Å². The Hall–Kier alpha value is -1.42. The van der Waals surface area contributed by atoms with Crippen molar-refractivity contribution in [2.45, 2.75) is 39.5 Å². The number of aromatic nitrogens is 1. The van der Waals surface area contributed by atoms with E-state index in [0.717, 1.165) is 38.2 Å². The molecule has 1 aromatic rings. The van der Waals surface area contributed by atoms with Crippen LogP contribution in [0, 0.1) is 0 Å². The Bertz CT molecular complexity index is 413. The summed E-state index contributed by atoms with van der Waals surface area (Å²) in [7, 11) is 0. The van der Waals surface area contributed by atoms with Crippen molar-refractivity contribution < 1.29 is 4.79 Å². The normalized spacial score (nSPS) is 15.1. The van der Waals surface area contributed by atoms with E-state index in [9.17, 15) is 4.79 Å². The number of anilines is 1. The highest BCUT2D eigenvalue weighted by atomic mass is 16.2. The Morgan fingerprint density at radius 2 is 2.00 bits per heavy atom. The summed E-state index contributed by atoms with van der Waals surface area (Å²) < 4.78 is 0. The molecular formula is C14H21N3O. The van der Waals surface area contributed by atoms with E-state index in [0.29, 0.717) is 6.42 Å². The molecule has 1 aromatic heterocycles. The van der Waals surface area contributed by atoms with Crippen molar-refractivity contribution in [1.29, 1.82) is 0 Å². The average Bonchev–Trinajstić information content (AvgIpc) is 2.38. The lowest BCUT2D eigenvalue weighted by atomic mass is 10.1. The monoisotopic (exact) mass is 247 g/mol. The summed E-state index contributed by atoms with van der Waals surface area (Å²) in [6, 6.07) is 4.01. The molecule has 0 spiro atoms. The summed E-state index contributed by atoms with van der Waals surface area (Å²) in [4.78, 5) is 16.6. The molecule has 0 atom stereocenters. The molecular weight excluding hydrogens is 226 g/mol. The average molecular weight is 247 g/mol. The molecule has 1 aliphatic rings. The quantitative estimate of drug-likeness (QED) is 0.801. The van der Waals surface area contributed by atoms with Gasteiger partial charge in [0.1, 0.15) is 0 Å². The molecule has 0 aliphatic carbocycles. The smallest absolute Gasteiger partial charge is 0.243 e. The van der Waals surface area contributed by atoms with Crippen molar-refractivity contribution in [3.8, 4) is 0 Å². The van der Waals surface area contributed by atoms with Crippen LogP contribution in [-0.4, -0.2) is 29.0 Å². The molecule has 4 heteroatoms. The molecule has 0 unspecified atom stereocenters. The van der Waals surface area contributed by atoms with Crippen molar-refractivity contribution in [3.63, 3.8) is 0 Å². The Kier molecular flexibility index (Phi) is 4.31. The Morgan fingerprint density at radius 1 is 1.28 bits per heavy atom. The first-order chi connectivity index (χ1) is 8.77. The van der Waals surface area contributed by atoms with Gasteiger partial charge in [-0.1, -0.05) is 19.9 Å². The van der Waals surface area contributed by atoms with Gasteiger partial charge in [-0.15, -0.1) is 0 Å². The topological polar surface area (TPSA) is 36.4 Å². The number of amides is 1. The number of hydrazine groups is 1. The van der Waals surface area contributed by atoms with E-state index in [1.807, 2.05) is 6.07 Å². The van der Waals surface area contributed by atoms with E-state index in [-0.39, 0.29) is 5.91 Å². The molecule has 2 rings (SSSR count). The fourth-order valence-corrected chi connectivity index (χ4v) is 2.40. The largest absolute Gasteiger partial charge is 0.273 e. The second-order valence-electron chi connectivity index (χ2n) is 4.65. The third-order valence-corrected chi connectivity index (χ3v) is 3.16. The van der Waals surface area contributed by atoms with Crippen molar-refractivity contribution >= 4 is 11.7 Å². The van der Waals surface area contributed by atoms with Gasteiger partial charge in [-0.25, -0.2) is 15.0 Å². The molecule has 98 valence electrons. The third kappa shape index (κ3) is 2.53. The zero-order chi connectivity index (χ0) is 13.0. The summed E-state index contributed by atoms with van der Waals surface area (Å²) in [6.45, 7) is 6.07. The van der Waals surface area contributed by atoms with Gasteiger partial charge in [0, 0.05) is 25.7 Å². The van der Waals surface area contributed by atoms with Crippen LogP contribution in [0.4, 0.5) is 5.82 Å². The summed E-state index contributed by atoms with van der Waals surface area (Å²) in [6.07, 6.45) is 5.23. The Labute approximate surface area is 109 Å². The summed E-state index contributed by atoms with van der Waals surface area (Å²) in [5.74, 6) is 0.999. The zero-order valence-electron chi connectivity index (χ0n) is 11.2. The Morgan fingerprint density at radius 3 is 2.67 bits per heavy atom. The first-order valence-corrected chi connectivity index (χ1v) is 6.79. The maximum Gasteiger partial charge on any atom is 0.243 e. The van der Waals surface area contributed by atoms with Crippen LogP contribution in [0.25, 0.3) is 0 Å². The predicted octanol–water partition coefficient (Wildman–Crippen LogP) is 2.40. The van der Waals surface area contributed by atoms with Gasteiger partial charge >= 0.3 is 0 Å². The number of fused-ring (bicyclic) bond motifs is 1. The molecule has 0 saturated carbocycles. The molecule has 18 heavy (non-hydrogen) atoms. The number of nitrogens with zero attached hydrogens (tertiary/aromatic N) is 3. The van der Waals surface area contributed by atoms with E-state index in [1.165, 1.54) is 5.56 Å². The standard InChI is InChI=1S/C14H21N3O/c1-3-10-16(11-4-2)17-13(18)8-7-12-6-5-9-15-14(12)17/h5-6,9H,3-4,7-8,10-11H2,1-2H3. The number of hydrogen-bond donors (Lipinski definition) is 0. The first-order valence-electron chi connectivity index (χ1n) is 6.79. The molecule has 0 N–H and O–H groups in total. The molecule has 0 saturated heterocycles. The van der Waals surface area contributed by atoms with Gasteiger partial charge in [-0.2, -0.15) is 0 Å². The fourth-order valence-electron chi connectivity index (χ4n) is 2.40. The van der Waals surface area contributed by atoms with Crippen molar-refractivity contribution in [2.75, 3.05) is 18.1 Å². The highest BCUT2D eigenvalue weighted by molar-refractivity contribution is 5.94. The van der Waals surface area contributed by atoms with Gasteiger partial charge < -0.3 is 0 Å². The highest BCUT2D eigenvalue weighted by Gasteiger charge is 2.29. The lowest BCUT2D eigenvalue weighted by Gasteiger charge is -2.37. The number of rotatable bonds is 5. The van der Waals surface area contributed by atoms with E-state index in [2.05, 4.69) is 29.9 Å². The number of hydrogen-bond acceptors (Lipinski definition) is 3. The van der Waals surface area contributed by atoms with E-state index in [1.54, 1.807) is 11.2 Å². The minimum atomic E-state index is 0.170. The SMILES string of the molecule is CCCN(CCC)N1C(=O)CCc2cccnc21. The number of carbonyl (C=O) groups is 1. The predicted molar refractivity (Wildman–Crippen MR) is 72.2 cm³/mol. The van der Waals surface area contributed by atoms with Crippen LogP contribution in [0.5, 0.6) is 0 Å². The van der Waals surface area contributed by atoms with E-state index in [4.69, 9.17) is 0 Å². The second kappa shape index (κ2) is 5.96. The molecule has 1 amide bonds. The van der Waals surface area contributed by atoms with Crippen molar-refractivity contribution in [1.82, 2.24) is 9.99 Å². The van der Waals surface area contributed by atoms with E-state index >= 15 is 0 Å². The van der Waals surface area contributed by atoms with Crippen LogP contribution in [0.15, 0.2) is 18.3 Å². The van der Waals surface area contributed by atoms with Gasteiger partial charge in [0.25, 0.3) is 0 Å². The maximum absolute atomic E-state index is 12.2. The molecule has 1 aliphatic heterocycles. The highest BCUT2D eigenvalue weighted by Crippen LogP contribution is 2.26. The lowest BCUT2D eigenvalue weighted by Crippen LogP contribution is -2.50. The minimum absolute atomic E-state index is 0.170.